The summed E-state index contributed by atoms with van der Waals surface area (Å²) in [5.74, 6) is 2.50. The average Bonchev–Trinajstić information content (AvgIpc) is 3.32. The molecule has 5 heteroatoms. The SMILES string of the molecule is CC(NC(=O)Cc1csc(-c2ccc(Cl)cc2)n1)C1CC2CCC1C2. The molecule has 2 bridgehead atoms. The molecule has 3 nitrogen and oxygen atoms in total. The predicted molar refractivity (Wildman–Crippen MR) is 103 cm³/mol. The van der Waals surface area contributed by atoms with E-state index >= 15 is 0 Å². The second-order valence-electron chi connectivity index (χ2n) is 7.52. The number of hydrogen-bond acceptors (Lipinski definition) is 3. The normalized spacial score (nSPS) is 25.9. The Morgan fingerprint density at radius 2 is 2.12 bits per heavy atom. The molecule has 1 aromatic heterocycles. The van der Waals surface area contributed by atoms with Gasteiger partial charge in [-0.1, -0.05) is 30.2 Å². The predicted octanol–water partition coefficient (Wildman–Crippen LogP) is 4.95. The van der Waals surface area contributed by atoms with E-state index in [1.807, 2.05) is 29.6 Å². The molecule has 0 spiro atoms. The van der Waals surface area contributed by atoms with Crippen LogP contribution >= 0.6 is 22.9 Å². The average molecular weight is 375 g/mol. The van der Waals surface area contributed by atoms with Crippen LogP contribution in [0.25, 0.3) is 10.6 Å². The first-order valence-corrected chi connectivity index (χ1v) is 10.3. The fourth-order valence-electron chi connectivity index (χ4n) is 4.60. The quantitative estimate of drug-likeness (QED) is 0.804. The summed E-state index contributed by atoms with van der Waals surface area (Å²) in [6.45, 7) is 2.17. The molecule has 2 aromatic rings. The number of benzene rings is 1. The molecule has 1 N–H and O–H groups in total. The molecular weight excluding hydrogens is 352 g/mol. The van der Waals surface area contributed by atoms with Gasteiger partial charge >= 0.3 is 0 Å². The Morgan fingerprint density at radius 1 is 1.32 bits per heavy atom. The van der Waals surface area contributed by atoms with Crippen LogP contribution in [0, 0.1) is 17.8 Å². The van der Waals surface area contributed by atoms with E-state index < -0.39 is 0 Å². The zero-order valence-electron chi connectivity index (χ0n) is 14.4. The first kappa shape index (κ1) is 17.0. The summed E-state index contributed by atoms with van der Waals surface area (Å²) in [7, 11) is 0. The zero-order valence-corrected chi connectivity index (χ0v) is 15.9. The summed E-state index contributed by atoms with van der Waals surface area (Å²) in [6.07, 6.45) is 5.78. The van der Waals surface area contributed by atoms with Crippen molar-refractivity contribution >= 4 is 28.8 Å². The van der Waals surface area contributed by atoms with Crippen LogP contribution in [-0.2, 0) is 11.2 Å². The monoisotopic (exact) mass is 374 g/mol. The number of aromatic nitrogens is 1. The molecule has 2 aliphatic carbocycles. The molecule has 1 aromatic carbocycles. The minimum Gasteiger partial charge on any atom is -0.353 e. The fourth-order valence-corrected chi connectivity index (χ4v) is 5.55. The van der Waals surface area contributed by atoms with Crippen molar-refractivity contribution in [1.29, 1.82) is 0 Å². The number of nitrogens with zero attached hydrogens (tertiary/aromatic N) is 1. The van der Waals surface area contributed by atoms with E-state index in [0.717, 1.165) is 33.1 Å². The lowest BCUT2D eigenvalue weighted by Crippen LogP contribution is -2.40. The standard InChI is InChI=1S/C20H23ClN2OS/c1-12(18-9-13-2-3-15(18)8-13)22-19(24)10-17-11-25-20(23-17)14-4-6-16(21)7-5-14/h4-7,11-13,15,18H,2-3,8-10H2,1H3,(H,22,24). The summed E-state index contributed by atoms with van der Waals surface area (Å²) < 4.78 is 0. The van der Waals surface area contributed by atoms with Crippen molar-refractivity contribution < 1.29 is 4.79 Å². The van der Waals surface area contributed by atoms with Gasteiger partial charge in [-0.2, -0.15) is 0 Å². The van der Waals surface area contributed by atoms with Gasteiger partial charge in [-0.25, -0.2) is 4.98 Å². The lowest BCUT2D eigenvalue weighted by molar-refractivity contribution is -0.121. The second-order valence-corrected chi connectivity index (χ2v) is 8.82. The molecular formula is C20H23ClN2OS. The van der Waals surface area contributed by atoms with Crippen LogP contribution in [0.1, 0.15) is 38.3 Å². The number of halogens is 1. The summed E-state index contributed by atoms with van der Waals surface area (Å²) in [6, 6.07) is 7.92. The van der Waals surface area contributed by atoms with Gasteiger partial charge in [0.2, 0.25) is 5.91 Å². The smallest absolute Gasteiger partial charge is 0.226 e. The molecule has 0 radical (unpaired) electrons. The molecule has 4 unspecified atom stereocenters. The van der Waals surface area contributed by atoms with Gasteiger partial charge in [-0.15, -0.1) is 11.3 Å². The van der Waals surface area contributed by atoms with Crippen molar-refractivity contribution in [2.75, 3.05) is 0 Å². The minimum absolute atomic E-state index is 0.0863. The highest BCUT2D eigenvalue weighted by atomic mass is 35.5. The van der Waals surface area contributed by atoms with Crippen molar-refractivity contribution in [2.45, 2.75) is 45.1 Å². The van der Waals surface area contributed by atoms with Crippen molar-refractivity contribution in [2.24, 2.45) is 17.8 Å². The fraction of sp³-hybridized carbons (Fsp3) is 0.500. The Balaban J connectivity index is 1.34. The molecule has 2 fully saturated rings. The Bertz CT molecular complexity index is 757. The molecule has 1 heterocycles. The number of thiazole rings is 1. The molecule has 4 rings (SSSR count). The van der Waals surface area contributed by atoms with Crippen LogP contribution in [0.4, 0.5) is 0 Å². The third-order valence-electron chi connectivity index (χ3n) is 5.81. The number of carbonyl (C=O) groups is 1. The van der Waals surface area contributed by atoms with Gasteiger partial charge in [-0.3, -0.25) is 4.79 Å². The summed E-state index contributed by atoms with van der Waals surface area (Å²) >= 11 is 7.50. The third kappa shape index (κ3) is 3.75. The van der Waals surface area contributed by atoms with Gasteiger partial charge in [0.1, 0.15) is 5.01 Å². The highest BCUT2D eigenvalue weighted by molar-refractivity contribution is 7.13. The highest BCUT2D eigenvalue weighted by Crippen LogP contribution is 2.49. The summed E-state index contributed by atoms with van der Waals surface area (Å²) in [5.41, 5.74) is 1.88. The Labute approximate surface area is 157 Å². The van der Waals surface area contributed by atoms with Gasteiger partial charge in [0.05, 0.1) is 12.1 Å². The van der Waals surface area contributed by atoms with E-state index in [1.54, 1.807) is 11.3 Å². The molecule has 2 aliphatic rings. The van der Waals surface area contributed by atoms with Crippen molar-refractivity contribution in [3.8, 4) is 10.6 Å². The number of amides is 1. The van der Waals surface area contributed by atoms with Crippen molar-refractivity contribution in [3.05, 3.63) is 40.4 Å². The number of hydrogen-bond donors (Lipinski definition) is 1. The molecule has 1 amide bonds. The van der Waals surface area contributed by atoms with E-state index in [-0.39, 0.29) is 11.9 Å². The van der Waals surface area contributed by atoms with Gasteiger partial charge in [0.15, 0.2) is 0 Å². The van der Waals surface area contributed by atoms with Gasteiger partial charge in [0.25, 0.3) is 0 Å². The number of nitrogens with one attached hydrogen (secondary N) is 1. The van der Waals surface area contributed by atoms with Crippen LogP contribution < -0.4 is 5.32 Å². The van der Waals surface area contributed by atoms with Crippen LogP contribution in [-0.4, -0.2) is 16.9 Å². The van der Waals surface area contributed by atoms with Crippen molar-refractivity contribution in [1.82, 2.24) is 10.3 Å². The van der Waals surface area contributed by atoms with Gasteiger partial charge in [-0.05, 0) is 56.1 Å². The first-order chi connectivity index (χ1) is 12.1. The Morgan fingerprint density at radius 3 is 2.80 bits per heavy atom. The molecule has 2 saturated carbocycles. The van der Waals surface area contributed by atoms with Gasteiger partial charge < -0.3 is 5.32 Å². The zero-order chi connectivity index (χ0) is 17.4. The number of fused-ring (bicyclic) bond motifs is 2. The van der Waals surface area contributed by atoms with E-state index in [4.69, 9.17) is 11.6 Å². The molecule has 4 atom stereocenters. The van der Waals surface area contributed by atoms with Gasteiger partial charge in [0, 0.05) is 22.0 Å². The lowest BCUT2D eigenvalue weighted by Gasteiger charge is -2.28. The van der Waals surface area contributed by atoms with Crippen LogP contribution in [0.15, 0.2) is 29.6 Å². The summed E-state index contributed by atoms with van der Waals surface area (Å²) in [5, 5.41) is 6.85. The first-order valence-electron chi connectivity index (χ1n) is 9.08. The number of carbonyl (C=O) groups excluding carboxylic acids is 1. The second kappa shape index (κ2) is 7.08. The number of rotatable bonds is 5. The topological polar surface area (TPSA) is 42.0 Å². The van der Waals surface area contributed by atoms with Crippen LogP contribution in [0.5, 0.6) is 0 Å². The van der Waals surface area contributed by atoms with Crippen molar-refractivity contribution in [3.63, 3.8) is 0 Å². The maximum absolute atomic E-state index is 12.4. The maximum atomic E-state index is 12.4. The minimum atomic E-state index is 0.0863. The summed E-state index contributed by atoms with van der Waals surface area (Å²) in [4.78, 5) is 17.0. The highest BCUT2D eigenvalue weighted by Gasteiger charge is 2.42. The lowest BCUT2D eigenvalue weighted by atomic mass is 9.84. The van der Waals surface area contributed by atoms with Crippen LogP contribution in [0.2, 0.25) is 5.02 Å². The molecule has 0 aliphatic heterocycles. The van der Waals surface area contributed by atoms with E-state index in [0.29, 0.717) is 12.3 Å². The molecule has 132 valence electrons. The van der Waals surface area contributed by atoms with E-state index in [1.165, 1.54) is 25.7 Å². The maximum Gasteiger partial charge on any atom is 0.226 e. The van der Waals surface area contributed by atoms with Crippen LogP contribution in [0.3, 0.4) is 0 Å². The van der Waals surface area contributed by atoms with E-state index in [2.05, 4.69) is 17.2 Å². The van der Waals surface area contributed by atoms with E-state index in [9.17, 15) is 4.79 Å². The molecule has 25 heavy (non-hydrogen) atoms. The largest absolute Gasteiger partial charge is 0.353 e. The Kier molecular flexibility index (Phi) is 4.83. The molecule has 0 saturated heterocycles. The Hall–Kier alpha value is -1.39. The third-order valence-corrected chi connectivity index (χ3v) is 7.00.